The van der Waals surface area contributed by atoms with Gasteiger partial charge in [-0.3, -0.25) is 15.0 Å². The standard InChI is InChI=1S/C26H31N7O4S2/c1-29-23(34)13-19-14-32(9-10-33(19)26(35)25-30-21-7-8-31(2)15-22(21)38-25)39(36,37)20-6-5-16-11-18(24(27)28)4-3-17(16)12-20/h3-6,11-12,19H,7-10,13-15H2,1-2H3,(H3,27,28)(H,29,34). The lowest BCUT2D eigenvalue weighted by Gasteiger charge is -2.40. The summed E-state index contributed by atoms with van der Waals surface area (Å²) in [6.45, 7) is 1.88. The molecule has 1 atom stereocenters. The van der Waals surface area contributed by atoms with Crippen molar-refractivity contribution in [1.82, 2.24) is 24.4 Å². The number of likely N-dealkylation sites (N-methyl/N-ethyl adjacent to an activating group) is 1. The summed E-state index contributed by atoms with van der Waals surface area (Å²) in [5.41, 5.74) is 7.08. The van der Waals surface area contributed by atoms with Crippen LogP contribution in [0.5, 0.6) is 0 Å². The molecule has 13 heteroatoms. The molecule has 1 aromatic heterocycles. The summed E-state index contributed by atoms with van der Waals surface area (Å²) in [7, 11) is -0.352. The third-order valence-corrected chi connectivity index (χ3v) is 10.2. The van der Waals surface area contributed by atoms with Gasteiger partial charge in [0, 0.05) is 63.1 Å². The second kappa shape index (κ2) is 10.6. The Hall–Kier alpha value is -3.39. The van der Waals surface area contributed by atoms with Crippen molar-refractivity contribution in [2.24, 2.45) is 5.73 Å². The highest BCUT2D eigenvalue weighted by atomic mass is 32.2. The SMILES string of the molecule is CNC(=O)CC1CN(S(=O)(=O)c2ccc3cc(C(=N)N)ccc3c2)CCN1C(=O)c1nc2c(s1)CN(C)CC2. The molecule has 3 heterocycles. The van der Waals surface area contributed by atoms with Crippen LogP contribution in [0, 0.1) is 5.41 Å². The molecule has 1 saturated heterocycles. The molecule has 2 aromatic carbocycles. The van der Waals surface area contributed by atoms with Crippen LogP contribution in [0.3, 0.4) is 0 Å². The molecule has 3 aromatic rings. The molecule has 4 N–H and O–H groups in total. The summed E-state index contributed by atoms with van der Waals surface area (Å²) in [6, 6.07) is 9.34. The van der Waals surface area contributed by atoms with Crippen molar-refractivity contribution in [3.05, 3.63) is 57.5 Å². The molecular weight excluding hydrogens is 538 g/mol. The second-order valence-corrected chi connectivity index (χ2v) is 12.9. The summed E-state index contributed by atoms with van der Waals surface area (Å²) < 4.78 is 28.7. The maximum Gasteiger partial charge on any atom is 0.283 e. The zero-order valence-electron chi connectivity index (χ0n) is 21.8. The monoisotopic (exact) mass is 569 g/mol. The normalized spacial score (nSPS) is 18.6. The number of nitrogen functional groups attached to an aromatic ring is 1. The molecule has 39 heavy (non-hydrogen) atoms. The number of aromatic nitrogens is 1. The van der Waals surface area contributed by atoms with Gasteiger partial charge in [-0.15, -0.1) is 11.3 Å². The van der Waals surface area contributed by atoms with Crippen LogP contribution in [-0.2, 0) is 27.8 Å². The molecule has 5 rings (SSSR count). The van der Waals surface area contributed by atoms with E-state index in [2.05, 4.69) is 15.2 Å². The van der Waals surface area contributed by atoms with E-state index in [1.807, 2.05) is 7.05 Å². The molecule has 1 unspecified atom stereocenters. The highest BCUT2D eigenvalue weighted by Crippen LogP contribution is 2.29. The summed E-state index contributed by atoms with van der Waals surface area (Å²) >= 11 is 1.38. The molecule has 0 spiro atoms. The lowest BCUT2D eigenvalue weighted by Crippen LogP contribution is -2.57. The van der Waals surface area contributed by atoms with Crippen LogP contribution in [0.15, 0.2) is 41.3 Å². The number of piperazine rings is 1. The maximum atomic E-state index is 13.7. The van der Waals surface area contributed by atoms with E-state index in [0.717, 1.165) is 35.5 Å². The number of hydrogen-bond acceptors (Lipinski definition) is 8. The number of nitrogens with two attached hydrogens (primary N) is 1. The first-order valence-electron chi connectivity index (χ1n) is 12.6. The fraction of sp³-hybridized carbons (Fsp3) is 0.385. The molecular formula is C26H31N7O4S2. The van der Waals surface area contributed by atoms with E-state index in [1.54, 1.807) is 35.2 Å². The Kier molecular flexibility index (Phi) is 7.42. The van der Waals surface area contributed by atoms with Crippen molar-refractivity contribution in [1.29, 1.82) is 5.41 Å². The minimum absolute atomic E-state index is 0.00334. The highest BCUT2D eigenvalue weighted by molar-refractivity contribution is 7.89. The van der Waals surface area contributed by atoms with Crippen molar-refractivity contribution >= 4 is 49.8 Å². The van der Waals surface area contributed by atoms with E-state index in [0.29, 0.717) is 16.0 Å². The topological polar surface area (TPSA) is 153 Å². The Bertz CT molecular complexity index is 1570. The third-order valence-electron chi connectivity index (χ3n) is 7.27. The minimum atomic E-state index is -3.90. The van der Waals surface area contributed by atoms with Crippen LogP contribution < -0.4 is 11.1 Å². The number of rotatable bonds is 6. The lowest BCUT2D eigenvalue weighted by atomic mass is 10.1. The van der Waals surface area contributed by atoms with E-state index in [1.165, 1.54) is 28.8 Å². The maximum absolute atomic E-state index is 13.7. The van der Waals surface area contributed by atoms with Crippen molar-refractivity contribution in [2.75, 3.05) is 40.3 Å². The van der Waals surface area contributed by atoms with Crippen LogP contribution in [0.4, 0.5) is 0 Å². The molecule has 0 saturated carbocycles. The number of nitrogens with zero attached hydrogens (tertiary/aromatic N) is 4. The number of amidine groups is 1. The molecule has 2 aliphatic rings. The van der Waals surface area contributed by atoms with E-state index in [9.17, 15) is 18.0 Å². The fourth-order valence-electron chi connectivity index (χ4n) is 5.04. The molecule has 0 aliphatic carbocycles. The second-order valence-electron chi connectivity index (χ2n) is 9.91. The zero-order chi connectivity index (χ0) is 27.9. The molecule has 0 radical (unpaired) electrons. The van der Waals surface area contributed by atoms with Crippen molar-refractivity contribution in [3.63, 3.8) is 0 Å². The van der Waals surface area contributed by atoms with Gasteiger partial charge in [0.25, 0.3) is 5.91 Å². The number of fused-ring (bicyclic) bond motifs is 2. The average molecular weight is 570 g/mol. The van der Waals surface area contributed by atoms with Gasteiger partial charge in [0.2, 0.25) is 15.9 Å². The molecule has 2 amide bonds. The first-order valence-corrected chi connectivity index (χ1v) is 14.9. The number of hydrogen-bond donors (Lipinski definition) is 3. The first kappa shape index (κ1) is 27.2. The molecule has 2 aliphatic heterocycles. The van der Waals surface area contributed by atoms with Crippen LogP contribution in [-0.4, -0.2) is 91.5 Å². The number of carbonyl (C=O) groups excluding carboxylic acids is 2. The van der Waals surface area contributed by atoms with Crippen molar-refractivity contribution < 1.29 is 18.0 Å². The van der Waals surface area contributed by atoms with Crippen LogP contribution >= 0.6 is 11.3 Å². The molecule has 1 fully saturated rings. The largest absolute Gasteiger partial charge is 0.384 e. The molecule has 206 valence electrons. The van der Waals surface area contributed by atoms with Gasteiger partial charge < -0.3 is 20.9 Å². The molecule has 11 nitrogen and oxygen atoms in total. The van der Waals surface area contributed by atoms with E-state index >= 15 is 0 Å². The van der Waals surface area contributed by atoms with Gasteiger partial charge in [-0.05, 0) is 36.0 Å². The van der Waals surface area contributed by atoms with Crippen LogP contribution in [0.1, 0.15) is 32.4 Å². The van der Waals surface area contributed by atoms with E-state index in [4.69, 9.17) is 11.1 Å². The lowest BCUT2D eigenvalue weighted by molar-refractivity contribution is -0.121. The Balaban J connectivity index is 1.40. The number of sulfonamides is 1. The summed E-state index contributed by atoms with van der Waals surface area (Å²) in [6.07, 6.45) is 0.763. The summed E-state index contributed by atoms with van der Waals surface area (Å²) in [5, 5.41) is 12.1. The van der Waals surface area contributed by atoms with Gasteiger partial charge in [0.1, 0.15) is 5.84 Å². The van der Waals surface area contributed by atoms with Gasteiger partial charge in [0.05, 0.1) is 16.6 Å². The van der Waals surface area contributed by atoms with Gasteiger partial charge in [-0.25, -0.2) is 13.4 Å². The van der Waals surface area contributed by atoms with Gasteiger partial charge in [0.15, 0.2) is 5.01 Å². The Morgan fingerprint density at radius 3 is 2.64 bits per heavy atom. The van der Waals surface area contributed by atoms with Gasteiger partial charge in [-0.2, -0.15) is 4.31 Å². The predicted octanol–water partition coefficient (Wildman–Crippen LogP) is 1.22. The summed E-state index contributed by atoms with van der Waals surface area (Å²) in [5.74, 6) is -0.604. The Morgan fingerprint density at radius 2 is 1.90 bits per heavy atom. The van der Waals surface area contributed by atoms with Crippen LogP contribution in [0.2, 0.25) is 0 Å². The minimum Gasteiger partial charge on any atom is -0.384 e. The van der Waals surface area contributed by atoms with Crippen LogP contribution in [0.25, 0.3) is 10.8 Å². The Morgan fingerprint density at radius 1 is 1.15 bits per heavy atom. The van der Waals surface area contributed by atoms with E-state index in [-0.39, 0.29) is 48.6 Å². The summed E-state index contributed by atoms with van der Waals surface area (Å²) in [4.78, 5) is 35.5. The highest BCUT2D eigenvalue weighted by Gasteiger charge is 2.38. The number of benzene rings is 2. The fourth-order valence-corrected chi connectivity index (χ4v) is 7.69. The first-order chi connectivity index (χ1) is 18.6. The third kappa shape index (κ3) is 5.39. The predicted molar refractivity (Wildman–Crippen MR) is 149 cm³/mol. The quantitative estimate of drug-likeness (QED) is 0.298. The smallest absolute Gasteiger partial charge is 0.283 e. The van der Waals surface area contributed by atoms with Crippen molar-refractivity contribution in [3.8, 4) is 0 Å². The van der Waals surface area contributed by atoms with Gasteiger partial charge in [-0.1, -0.05) is 18.2 Å². The average Bonchev–Trinajstić information content (AvgIpc) is 3.35. The van der Waals surface area contributed by atoms with Crippen molar-refractivity contribution in [2.45, 2.75) is 30.3 Å². The number of amides is 2. The number of thiazole rings is 1. The Labute approximate surface area is 231 Å². The number of nitrogens with one attached hydrogen (secondary N) is 2. The van der Waals surface area contributed by atoms with Gasteiger partial charge >= 0.3 is 0 Å². The molecule has 0 bridgehead atoms. The zero-order valence-corrected chi connectivity index (χ0v) is 23.4. The number of carbonyl (C=O) groups is 2. The van der Waals surface area contributed by atoms with E-state index < -0.39 is 16.1 Å².